The highest BCUT2D eigenvalue weighted by molar-refractivity contribution is 7.07. The smallest absolute Gasteiger partial charge is 0.293 e. The lowest BCUT2D eigenvalue weighted by Gasteiger charge is -2.47. The molecule has 7 nitrogen and oxygen atoms in total. The van der Waals surface area contributed by atoms with Crippen molar-refractivity contribution in [1.82, 2.24) is 24.1 Å². The van der Waals surface area contributed by atoms with Crippen LogP contribution in [0.4, 0.5) is 8.78 Å². The lowest BCUT2D eigenvalue weighted by atomic mass is 9.77. The third kappa shape index (κ3) is 5.70. The summed E-state index contributed by atoms with van der Waals surface area (Å²) in [6, 6.07) is 0.255. The number of amides is 1. The molecule has 2 aliphatic carbocycles. The van der Waals surface area contributed by atoms with E-state index < -0.39 is 11.8 Å². The number of alkyl halides is 2. The Labute approximate surface area is 217 Å². The number of piperazine rings is 1. The van der Waals surface area contributed by atoms with Crippen LogP contribution in [-0.4, -0.2) is 93.3 Å². The number of ether oxygens (including phenoxy) is 1. The van der Waals surface area contributed by atoms with Crippen molar-refractivity contribution in [2.24, 2.45) is 5.92 Å². The van der Waals surface area contributed by atoms with Gasteiger partial charge in [-0.05, 0) is 52.4 Å². The van der Waals surface area contributed by atoms with Gasteiger partial charge in [0.2, 0.25) is 5.91 Å². The van der Waals surface area contributed by atoms with Gasteiger partial charge >= 0.3 is 0 Å². The van der Waals surface area contributed by atoms with E-state index in [1.54, 1.807) is 4.90 Å². The zero-order valence-corrected chi connectivity index (χ0v) is 22.7. The highest BCUT2D eigenvalue weighted by Gasteiger charge is 2.50. The third-order valence-corrected chi connectivity index (χ3v) is 9.53. The van der Waals surface area contributed by atoms with E-state index in [1.165, 1.54) is 11.5 Å². The minimum atomic E-state index is -2.79. The van der Waals surface area contributed by atoms with Gasteiger partial charge in [-0.3, -0.25) is 14.6 Å². The fourth-order valence-electron chi connectivity index (χ4n) is 6.14. The van der Waals surface area contributed by atoms with Gasteiger partial charge in [0.1, 0.15) is 6.10 Å². The summed E-state index contributed by atoms with van der Waals surface area (Å²) in [5, 5.41) is 0.632. The quantitative estimate of drug-likeness (QED) is 0.532. The second-order valence-corrected chi connectivity index (χ2v) is 12.6. The Hall–Kier alpha value is -1.39. The first-order valence-corrected chi connectivity index (χ1v) is 14.6. The van der Waals surface area contributed by atoms with Crippen molar-refractivity contribution in [2.45, 2.75) is 102 Å². The molecule has 2 saturated heterocycles. The second-order valence-electron chi connectivity index (χ2n) is 11.8. The van der Waals surface area contributed by atoms with E-state index in [0.29, 0.717) is 36.8 Å². The van der Waals surface area contributed by atoms with Gasteiger partial charge < -0.3 is 9.64 Å². The van der Waals surface area contributed by atoms with Crippen LogP contribution in [0.25, 0.3) is 0 Å². The topological polar surface area (TPSA) is 61.8 Å². The number of carbonyl (C=O) groups excluding carboxylic acids is 1. The Morgan fingerprint density at radius 3 is 2.42 bits per heavy atom. The molecule has 4 fully saturated rings. The van der Waals surface area contributed by atoms with Crippen molar-refractivity contribution in [3.63, 3.8) is 0 Å². The Morgan fingerprint density at radius 2 is 1.78 bits per heavy atom. The van der Waals surface area contributed by atoms with E-state index in [9.17, 15) is 4.79 Å². The van der Waals surface area contributed by atoms with Gasteiger partial charge in [0, 0.05) is 87.1 Å². The third-order valence-electron chi connectivity index (χ3n) is 8.92. The molecular weight excluding hydrogens is 484 g/mol. The lowest BCUT2D eigenvalue weighted by Crippen LogP contribution is -2.58. The Morgan fingerprint density at radius 1 is 1.08 bits per heavy atom. The molecular formula is C26H41F2N5O2S. The molecule has 1 amide bonds. The van der Waals surface area contributed by atoms with Gasteiger partial charge in [0.15, 0.2) is 5.82 Å². The molecule has 4 aliphatic rings. The zero-order chi connectivity index (χ0) is 25.5. The van der Waals surface area contributed by atoms with Crippen LogP contribution in [0.5, 0.6) is 5.19 Å². The molecule has 0 spiro atoms. The van der Waals surface area contributed by atoms with Gasteiger partial charge in [-0.2, -0.15) is 9.36 Å². The maximum absolute atomic E-state index is 15.2. The Bertz CT molecular complexity index is 908. The molecule has 0 aromatic carbocycles. The van der Waals surface area contributed by atoms with Crippen molar-refractivity contribution in [2.75, 3.05) is 39.3 Å². The molecule has 1 aromatic rings. The summed E-state index contributed by atoms with van der Waals surface area (Å²) >= 11 is 1.30. The number of likely N-dealkylation sites (tertiary alicyclic amines) is 1. The summed E-state index contributed by atoms with van der Waals surface area (Å²) in [6.45, 7) is 11.0. The van der Waals surface area contributed by atoms with Gasteiger partial charge in [0.05, 0.1) is 0 Å². The minimum absolute atomic E-state index is 0.0624. The highest BCUT2D eigenvalue weighted by atomic mass is 32.1. The summed E-state index contributed by atoms with van der Waals surface area (Å²) < 4.78 is 40.8. The number of hydrogen-bond donors (Lipinski definition) is 0. The highest BCUT2D eigenvalue weighted by Crippen LogP contribution is 2.44. The molecule has 202 valence electrons. The number of nitrogens with zero attached hydrogens (tertiary/aromatic N) is 5. The van der Waals surface area contributed by atoms with E-state index in [-0.39, 0.29) is 30.2 Å². The normalized spacial score (nSPS) is 29.4. The van der Waals surface area contributed by atoms with Crippen LogP contribution in [0.15, 0.2) is 0 Å². The largest absolute Gasteiger partial charge is 0.466 e. The minimum Gasteiger partial charge on any atom is -0.466 e. The van der Waals surface area contributed by atoms with Gasteiger partial charge in [-0.1, -0.05) is 6.92 Å². The average Bonchev–Trinajstić information content (AvgIpc) is 3.53. The van der Waals surface area contributed by atoms with E-state index in [1.807, 2.05) is 0 Å². The van der Waals surface area contributed by atoms with Crippen molar-refractivity contribution < 1.29 is 18.3 Å². The first kappa shape index (κ1) is 26.2. The van der Waals surface area contributed by atoms with Crippen LogP contribution < -0.4 is 4.74 Å². The van der Waals surface area contributed by atoms with Crippen LogP contribution in [-0.2, 0) is 10.2 Å². The molecule has 2 aliphatic heterocycles. The van der Waals surface area contributed by atoms with Crippen LogP contribution in [0.1, 0.15) is 78.0 Å². The molecule has 5 rings (SSSR count). The van der Waals surface area contributed by atoms with E-state index >= 15 is 8.78 Å². The van der Waals surface area contributed by atoms with Gasteiger partial charge in [-0.15, -0.1) is 0 Å². The Balaban J connectivity index is 1.19. The summed E-state index contributed by atoms with van der Waals surface area (Å²) in [5.74, 6) is -3.03. The first-order chi connectivity index (χ1) is 17.1. The number of carbonyl (C=O) groups is 1. The predicted octanol–water partition coefficient (Wildman–Crippen LogP) is 4.18. The second kappa shape index (κ2) is 10.4. The molecule has 36 heavy (non-hydrogen) atoms. The summed E-state index contributed by atoms with van der Waals surface area (Å²) in [5.41, 5.74) is -0.216. The Kier molecular flexibility index (Phi) is 7.58. The van der Waals surface area contributed by atoms with Crippen LogP contribution in [0.2, 0.25) is 0 Å². The van der Waals surface area contributed by atoms with E-state index in [4.69, 9.17) is 4.74 Å². The molecule has 10 heteroatoms. The number of piperidine rings is 1. The van der Waals surface area contributed by atoms with Crippen LogP contribution in [0.3, 0.4) is 0 Å². The molecule has 3 heterocycles. The number of aromatic nitrogens is 2. The summed E-state index contributed by atoms with van der Waals surface area (Å²) in [6.07, 6.45) is 5.05. The lowest BCUT2D eigenvalue weighted by molar-refractivity contribution is -0.151. The fraction of sp³-hybridized carbons (Fsp3) is 0.885. The summed E-state index contributed by atoms with van der Waals surface area (Å²) in [7, 11) is 0. The first-order valence-electron chi connectivity index (χ1n) is 13.8. The van der Waals surface area contributed by atoms with Crippen LogP contribution in [0, 0.1) is 5.92 Å². The zero-order valence-electron chi connectivity index (χ0n) is 21.9. The maximum Gasteiger partial charge on any atom is 0.293 e. The summed E-state index contributed by atoms with van der Waals surface area (Å²) in [4.78, 5) is 24.4. The molecule has 2 saturated carbocycles. The maximum atomic E-state index is 15.2. The van der Waals surface area contributed by atoms with Crippen molar-refractivity contribution in [3.05, 3.63) is 5.82 Å². The van der Waals surface area contributed by atoms with Crippen molar-refractivity contribution in [1.29, 1.82) is 0 Å². The number of rotatable bonds is 7. The average molecular weight is 526 g/mol. The van der Waals surface area contributed by atoms with E-state index in [2.05, 4.69) is 39.9 Å². The molecule has 0 radical (unpaired) electrons. The van der Waals surface area contributed by atoms with Crippen molar-refractivity contribution >= 4 is 17.4 Å². The van der Waals surface area contributed by atoms with Gasteiger partial charge in [0.25, 0.3) is 11.1 Å². The monoisotopic (exact) mass is 525 g/mol. The molecule has 0 N–H and O–H groups in total. The number of hydrogen-bond acceptors (Lipinski definition) is 7. The van der Waals surface area contributed by atoms with Crippen molar-refractivity contribution in [3.8, 4) is 5.19 Å². The fourth-order valence-corrected chi connectivity index (χ4v) is 6.88. The number of halogens is 2. The molecule has 1 aromatic heterocycles. The molecule has 2 atom stereocenters. The molecule has 0 bridgehead atoms. The van der Waals surface area contributed by atoms with Crippen LogP contribution >= 0.6 is 11.5 Å². The van der Waals surface area contributed by atoms with E-state index in [0.717, 1.165) is 64.1 Å². The standard InChI is InChI=1S/C26H41F2N5O2S/c1-18(2)31-13-15-32(16-14-31)21-5-4-8-26(27,28)20(21)17-22(34)33-11-9-25(3,10-12-33)23-29-24(36-30-23)35-19-6-7-19/h18-21H,4-17H2,1-3H3/t20-,21+/m1/s1. The SMILES string of the molecule is CC(C)N1CCN([C@H]2CCCC(F)(F)[C@@H]2CC(=O)N2CCC(C)(c3nsc(OC4CC4)n3)CC2)CC1. The predicted molar refractivity (Wildman–Crippen MR) is 136 cm³/mol. The van der Waals surface area contributed by atoms with Gasteiger partial charge in [-0.25, -0.2) is 8.78 Å². The molecule has 0 unspecified atom stereocenters.